The Morgan fingerprint density at radius 1 is 1.50 bits per heavy atom. The lowest BCUT2D eigenvalue weighted by atomic mass is 10.1. The molecule has 0 atom stereocenters. The summed E-state index contributed by atoms with van der Waals surface area (Å²) in [7, 11) is 0. The standard InChI is InChI=1S/C12H14BrFN2/c1-2-16(7-3-6-15)12-5-4-11(14)8-10(12)9-13/h4-5,8H,2-3,7,9H2,1H3. The normalized spacial score (nSPS) is 9.88. The van der Waals surface area contributed by atoms with E-state index in [0.29, 0.717) is 18.3 Å². The number of nitrogens with zero attached hydrogens (tertiary/aromatic N) is 2. The van der Waals surface area contributed by atoms with Crippen LogP contribution in [0.15, 0.2) is 18.2 Å². The molecular weight excluding hydrogens is 271 g/mol. The molecule has 0 radical (unpaired) electrons. The fourth-order valence-electron chi connectivity index (χ4n) is 1.60. The minimum atomic E-state index is -0.227. The van der Waals surface area contributed by atoms with Crippen molar-refractivity contribution >= 4 is 21.6 Å². The van der Waals surface area contributed by atoms with E-state index in [0.717, 1.165) is 17.8 Å². The highest BCUT2D eigenvalue weighted by atomic mass is 79.9. The van der Waals surface area contributed by atoms with Crippen LogP contribution in [0.2, 0.25) is 0 Å². The van der Waals surface area contributed by atoms with Gasteiger partial charge in [0.1, 0.15) is 5.82 Å². The number of benzene rings is 1. The summed E-state index contributed by atoms with van der Waals surface area (Å²) in [5.74, 6) is -0.227. The lowest BCUT2D eigenvalue weighted by molar-refractivity contribution is 0.626. The predicted octanol–water partition coefficient (Wildman–Crippen LogP) is 3.46. The maximum absolute atomic E-state index is 13.1. The average Bonchev–Trinajstić information content (AvgIpc) is 2.31. The van der Waals surface area contributed by atoms with E-state index in [2.05, 4.69) is 26.9 Å². The summed E-state index contributed by atoms with van der Waals surface area (Å²) in [5.41, 5.74) is 1.91. The van der Waals surface area contributed by atoms with Gasteiger partial charge < -0.3 is 4.90 Å². The molecule has 1 aromatic rings. The molecule has 0 amide bonds. The lowest BCUT2D eigenvalue weighted by Gasteiger charge is -2.24. The topological polar surface area (TPSA) is 27.0 Å². The zero-order valence-corrected chi connectivity index (χ0v) is 10.8. The summed E-state index contributed by atoms with van der Waals surface area (Å²) in [6.07, 6.45) is 0.479. The van der Waals surface area contributed by atoms with E-state index in [4.69, 9.17) is 5.26 Å². The van der Waals surface area contributed by atoms with Gasteiger partial charge in [0.2, 0.25) is 0 Å². The summed E-state index contributed by atoms with van der Waals surface area (Å²) in [5, 5.41) is 9.20. The molecule has 4 heteroatoms. The molecule has 0 saturated carbocycles. The fourth-order valence-corrected chi connectivity index (χ4v) is 2.05. The molecule has 0 aliphatic carbocycles. The van der Waals surface area contributed by atoms with Crippen molar-refractivity contribution in [2.45, 2.75) is 18.7 Å². The molecule has 0 unspecified atom stereocenters. The quantitative estimate of drug-likeness (QED) is 0.775. The molecule has 0 aliphatic rings. The van der Waals surface area contributed by atoms with Crippen molar-refractivity contribution in [3.63, 3.8) is 0 Å². The van der Waals surface area contributed by atoms with Crippen LogP contribution < -0.4 is 4.90 Å². The number of nitriles is 1. The minimum Gasteiger partial charge on any atom is -0.371 e. The van der Waals surface area contributed by atoms with Gasteiger partial charge in [-0.05, 0) is 30.7 Å². The van der Waals surface area contributed by atoms with E-state index < -0.39 is 0 Å². The number of hydrogen-bond acceptors (Lipinski definition) is 2. The zero-order chi connectivity index (χ0) is 12.0. The largest absolute Gasteiger partial charge is 0.371 e. The molecule has 0 spiro atoms. The molecule has 1 rings (SSSR count). The molecule has 0 N–H and O–H groups in total. The van der Waals surface area contributed by atoms with Gasteiger partial charge in [-0.15, -0.1) is 0 Å². The molecule has 0 fully saturated rings. The molecule has 0 bridgehead atoms. The molecule has 0 heterocycles. The van der Waals surface area contributed by atoms with Crippen LogP contribution in [0.5, 0.6) is 0 Å². The predicted molar refractivity (Wildman–Crippen MR) is 67.1 cm³/mol. The Labute approximate surface area is 104 Å². The van der Waals surface area contributed by atoms with Gasteiger partial charge in [-0.2, -0.15) is 5.26 Å². The van der Waals surface area contributed by atoms with Crippen LogP contribution in [0.1, 0.15) is 18.9 Å². The van der Waals surface area contributed by atoms with Crippen LogP contribution in [0.25, 0.3) is 0 Å². The number of alkyl halides is 1. The first-order chi connectivity index (χ1) is 7.72. The third kappa shape index (κ3) is 3.21. The van der Waals surface area contributed by atoms with E-state index >= 15 is 0 Å². The zero-order valence-electron chi connectivity index (χ0n) is 9.21. The van der Waals surface area contributed by atoms with Crippen molar-refractivity contribution in [1.82, 2.24) is 0 Å². The molecular formula is C12H14BrFN2. The van der Waals surface area contributed by atoms with Gasteiger partial charge in [-0.3, -0.25) is 0 Å². The van der Waals surface area contributed by atoms with Crippen molar-refractivity contribution in [2.24, 2.45) is 0 Å². The van der Waals surface area contributed by atoms with E-state index in [9.17, 15) is 4.39 Å². The Morgan fingerprint density at radius 2 is 2.25 bits per heavy atom. The van der Waals surface area contributed by atoms with Gasteiger partial charge in [0.05, 0.1) is 12.5 Å². The molecule has 2 nitrogen and oxygen atoms in total. The Balaban J connectivity index is 2.95. The molecule has 0 saturated heterocycles. The highest BCUT2D eigenvalue weighted by Gasteiger charge is 2.09. The summed E-state index contributed by atoms with van der Waals surface area (Å²) < 4.78 is 13.1. The highest BCUT2D eigenvalue weighted by molar-refractivity contribution is 9.08. The number of hydrogen-bond donors (Lipinski definition) is 0. The number of halogens is 2. The van der Waals surface area contributed by atoms with E-state index in [1.165, 1.54) is 12.1 Å². The van der Waals surface area contributed by atoms with Crippen LogP contribution in [-0.2, 0) is 5.33 Å². The molecule has 86 valence electrons. The first-order valence-corrected chi connectivity index (χ1v) is 6.31. The smallest absolute Gasteiger partial charge is 0.123 e. The Morgan fingerprint density at radius 3 is 2.81 bits per heavy atom. The van der Waals surface area contributed by atoms with Gasteiger partial charge in [-0.1, -0.05) is 15.9 Å². The molecule has 1 aromatic carbocycles. The van der Waals surface area contributed by atoms with Crippen LogP contribution in [0.3, 0.4) is 0 Å². The number of rotatable bonds is 5. The maximum Gasteiger partial charge on any atom is 0.123 e. The SMILES string of the molecule is CCN(CCC#N)c1ccc(F)cc1CBr. The van der Waals surface area contributed by atoms with Crippen molar-refractivity contribution in [2.75, 3.05) is 18.0 Å². The van der Waals surface area contributed by atoms with Crippen molar-refractivity contribution < 1.29 is 4.39 Å². The lowest BCUT2D eigenvalue weighted by Crippen LogP contribution is -2.24. The van der Waals surface area contributed by atoms with E-state index in [1.807, 2.05) is 6.92 Å². The summed E-state index contributed by atoms with van der Waals surface area (Å²) in [6.45, 7) is 3.52. The maximum atomic E-state index is 13.1. The van der Waals surface area contributed by atoms with Crippen molar-refractivity contribution in [3.05, 3.63) is 29.6 Å². The van der Waals surface area contributed by atoms with Gasteiger partial charge in [0.15, 0.2) is 0 Å². The average molecular weight is 285 g/mol. The van der Waals surface area contributed by atoms with Crippen LogP contribution >= 0.6 is 15.9 Å². The summed E-state index contributed by atoms with van der Waals surface area (Å²) in [6, 6.07) is 6.88. The second kappa shape index (κ2) is 6.49. The van der Waals surface area contributed by atoms with Crippen molar-refractivity contribution in [3.8, 4) is 6.07 Å². The monoisotopic (exact) mass is 284 g/mol. The van der Waals surface area contributed by atoms with Crippen LogP contribution in [0.4, 0.5) is 10.1 Å². The minimum absolute atomic E-state index is 0.227. The second-order valence-corrected chi connectivity index (χ2v) is 3.96. The van der Waals surface area contributed by atoms with Gasteiger partial charge in [-0.25, -0.2) is 4.39 Å². The fraction of sp³-hybridized carbons (Fsp3) is 0.417. The first kappa shape index (κ1) is 13.0. The summed E-state index contributed by atoms with van der Waals surface area (Å²) in [4.78, 5) is 2.08. The Kier molecular flexibility index (Phi) is 5.27. The third-order valence-corrected chi connectivity index (χ3v) is 3.01. The van der Waals surface area contributed by atoms with Crippen LogP contribution in [0, 0.1) is 17.1 Å². The van der Waals surface area contributed by atoms with E-state index in [-0.39, 0.29) is 5.82 Å². The molecule has 0 aliphatic heterocycles. The van der Waals surface area contributed by atoms with Gasteiger partial charge in [0.25, 0.3) is 0 Å². The third-order valence-electron chi connectivity index (χ3n) is 2.40. The van der Waals surface area contributed by atoms with E-state index in [1.54, 1.807) is 6.07 Å². The highest BCUT2D eigenvalue weighted by Crippen LogP contribution is 2.24. The van der Waals surface area contributed by atoms with Crippen molar-refractivity contribution in [1.29, 1.82) is 5.26 Å². The molecule has 0 aromatic heterocycles. The summed E-state index contributed by atoms with van der Waals surface area (Å²) >= 11 is 3.35. The Hall–Kier alpha value is -1.08. The number of anilines is 1. The van der Waals surface area contributed by atoms with Gasteiger partial charge >= 0.3 is 0 Å². The first-order valence-electron chi connectivity index (χ1n) is 5.19. The second-order valence-electron chi connectivity index (χ2n) is 3.39. The van der Waals surface area contributed by atoms with Gasteiger partial charge in [0, 0.05) is 24.1 Å². The molecule has 16 heavy (non-hydrogen) atoms. The Bertz CT molecular complexity index is 387. The van der Waals surface area contributed by atoms with Crippen LogP contribution in [-0.4, -0.2) is 13.1 Å².